The van der Waals surface area contributed by atoms with Gasteiger partial charge in [-0.1, -0.05) is 11.6 Å². The zero-order valence-corrected chi connectivity index (χ0v) is 23.0. The van der Waals surface area contributed by atoms with Crippen LogP contribution in [0.4, 0.5) is 10.1 Å². The SMILES string of the molecule is O=C(c1ccc2ncnn2c1)N1CCC2(CC1)CN(C(=O)c1ccc(Oc3ccc(Cl)cn3)cc1)c1ccc(F)cc12. The number of likely N-dealkylation sites (tertiary alicyclic amines) is 1. The van der Waals surface area contributed by atoms with Crippen LogP contribution < -0.4 is 9.64 Å². The summed E-state index contributed by atoms with van der Waals surface area (Å²) in [5, 5.41) is 4.63. The number of fused-ring (bicyclic) bond motifs is 3. The van der Waals surface area contributed by atoms with E-state index in [4.69, 9.17) is 16.3 Å². The van der Waals surface area contributed by atoms with Crippen molar-refractivity contribution in [2.75, 3.05) is 24.5 Å². The molecule has 2 aliphatic rings. The average molecular weight is 583 g/mol. The number of hydrogen-bond acceptors (Lipinski definition) is 6. The molecule has 1 spiro atoms. The monoisotopic (exact) mass is 582 g/mol. The van der Waals surface area contributed by atoms with Gasteiger partial charge in [0, 0.05) is 54.8 Å². The summed E-state index contributed by atoms with van der Waals surface area (Å²) in [6.45, 7) is 1.37. The third-order valence-corrected chi connectivity index (χ3v) is 8.30. The fraction of sp³-hybridized carbons (Fsp3) is 0.194. The van der Waals surface area contributed by atoms with E-state index in [-0.39, 0.29) is 17.6 Å². The molecule has 2 amide bonds. The van der Waals surface area contributed by atoms with Gasteiger partial charge in [0.15, 0.2) is 5.65 Å². The number of benzene rings is 2. The summed E-state index contributed by atoms with van der Waals surface area (Å²) in [5.74, 6) is 0.292. The number of anilines is 1. The van der Waals surface area contributed by atoms with Crippen LogP contribution in [0.15, 0.2) is 85.5 Å². The van der Waals surface area contributed by atoms with E-state index in [1.807, 2.05) is 0 Å². The lowest BCUT2D eigenvalue weighted by Crippen LogP contribution is -2.47. The highest BCUT2D eigenvalue weighted by molar-refractivity contribution is 6.30. The first-order chi connectivity index (χ1) is 20.4. The molecule has 0 radical (unpaired) electrons. The third kappa shape index (κ3) is 4.63. The first-order valence-corrected chi connectivity index (χ1v) is 13.9. The van der Waals surface area contributed by atoms with Gasteiger partial charge in [0.05, 0.1) is 10.6 Å². The van der Waals surface area contributed by atoms with Crippen LogP contribution in [-0.4, -0.2) is 55.9 Å². The number of ether oxygens (including phenoxy) is 1. The Bertz CT molecular complexity index is 1820. The van der Waals surface area contributed by atoms with Crippen molar-refractivity contribution in [3.63, 3.8) is 0 Å². The molecule has 42 heavy (non-hydrogen) atoms. The van der Waals surface area contributed by atoms with Crippen molar-refractivity contribution < 1.29 is 18.7 Å². The molecule has 0 bridgehead atoms. The van der Waals surface area contributed by atoms with Crippen LogP contribution in [0.1, 0.15) is 39.1 Å². The maximum absolute atomic E-state index is 14.5. The Kier molecular flexibility index (Phi) is 6.35. The molecule has 0 unspecified atom stereocenters. The quantitative estimate of drug-likeness (QED) is 0.276. The predicted molar refractivity (Wildman–Crippen MR) is 154 cm³/mol. The lowest BCUT2D eigenvalue weighted by Gasteiger charge is -2.40. The van der Waals surface area contributed by atoms with Crippen LogP contribution in [0.2, 0.25) is 5.02 Å². The molecule has 2 aromatic carbocycles. The van der Waals surface area contributed by atoms with Crippen molar-refractivity contribution in [1.82, 2.24) is 24.5 Å². The van der Waals surface area contributed by atoms with E-state index in [9.17, 15) is 14.0 Å². The highest BCUT2D eigenvalue weighted by atomic mass is 35.5. The summed E-state index contributed by atoms with van der Waals surface area (Å²) in [6, 6.07) is 18.3. The van der Waals surface area contributed by atoms with Crippen molar-refractivity contribution in [2.24, 2.45) is 0 Å². The molecule has 5 heterocycles. The Morgan fingerprint density at radius 2 is 1.69 bits per heavy atom. The minimum Gasteiger partial charge on any atom is -0.439 e. The highest BCUT2D eigenvalue weighted by Crippen LogP contribution is 2.48. The van der Waals surface area contributed by atoms with Gasteiger partial charge in [-0.2, -0.15) is 5.10 Å². The van der Waals surface area contributed by atoms with Gasteiger partial charge in [0.1, 0.15) is 17.9 Å². The van der Waals surface area contributed by atoms with Crippen molar-refractivity contribution in [3.8, 4) is 11.6 Å². The maximum Gasteiger partial charge on any atom is 0.258 e. The number of piperidine rings is 1. The summed E-state index contributed by atoms with van der Waals surface area (Å²) in [6.07, 6.45) is 5.82. The molecule has 210 valence electrons. The Hall–Kier alpha value is -4.83. The molecular formula is C31H24ClFN6O3. The molecule has 1 saturated heterocycles. The molecule has 1 fully saturated rings. The van der Waals surface area contributed by atoms with E-state index >= 15 is 0 Å². The summed E-state index contributed by atoms with van der Waals surface area (Å²) >= 11 is 5.89. The van der Waals surface area contributed by atoms with E-state index in [0.29, 0.717) is 71.6 Å². The van der Waals surface area contributed by atoms with Gasteiger partial charge in [-0.25, -0.2) is 18.9 Å². The average Bonchev–Trinajstić information content (AvgIpc) is 3.61. The largest absolute Gasteiger partial charge is 0.439 e. The number of carbonyl (C=O) groups is 2. The maximum atomic E-state index is 14.5. The Morgan fingerprint density at radius 1 is 0.905 bits per heavy atom. The van der Waals surface area contributed by atoms with Crippen LogP contribution in [0.25, 0.3) is 5.65 Å². The van der Waals surface area contributed by atoms with Gasteiger partial charge in [-0.05, 0) is 79.1 Å². The van der Waals surface area contributed by atoms with Crippen LogP contribution in [-0.2, 0) is 5.41 Å². The topological polar surface area (TPSA) is 92.9 Å². The van der Waals surface area contributed by atoms with Crippen molar-refractivity contribution in [1.29, 1.82) is 0 Å². The molecule has 0 saturated carbocycles. The molecule has 0 atom stereocenters. The second-order valence-corrected chi connectivity index (χ2v) is 11.0. The first-order valence-electron chi connectivity index (χ1n) is 13.5. The van der Waals surface area contributed by atoms with Gasteiger partial charge in [0.2, 0.25) is 5.88 Å². The van der Waals surface area contributed by atoms with E-state index < -0.39 is 5.41 Å². The molecule has 5 aromatic rings. The first kappa shape index (κ1) is 26.1. The number of pyridine rings is 2. The molecule has 11 heteroatoms. The summed E-state index contributed by atoms with van der Waals surface area (Å²) < 4.78 is 21.8. The minimum atomic E-state index is -0.455. The molecule has 9 nitrogen and oxygen atoms in total. The van der Waals surface area contributed by atoms with Crippen LogP contribution in [0.3, 0.4) is 0 Å². The van der Waals surface area contributed by atoms with Crippen molar-refractivity contribution in [3.05, 3.63) is 113 Å². The molecular weight excluding hydrogens is 559 g/mol. The number of hydrogen-bond donors (Lipinski definition) is 0. The van der Waals surface area contributed by atoms with Gasteiger partial charge in [-0.15, -0.1) is 0 Å². The standard InChI is InChI=1S/C31H24ClFN6O3/c32-22-4-10-28(34-16-22)42-24-6-1-20(2-7-24)30(41)38-18-31(25-15-23(33)5-8-26(25)38)11-13-37(14-12-31)29(40)21-3-9-27-35-19-36-39(27)17-21/h1-10,15-17,19H,11-14,18H2. The van der Waals surface area contributed by atoms with E-state index in [2.05, 4.69) is 15.1 Å². The minimum absolute atomic E-state index is 0.0937. The zero-order valence-electron chi connectivity index (χ0n) is 22.3. The third-order valence-electron chi connectivity index (χ3n) is 8.08. The lowest BCUT2D eigenvalue weighted by molar-refractivity contribution is 0.0670. The fourth-order valence-electron chi connectivity index (χ4n) is 5.88. The predicted octanol–water partition coefficient (Wildman–Crippen LogP) is 5.54. The Morgan fingerprint density at radius 3 is 2.45 bits per heavy atom. The van der Waals surface area contributed by atoms with Crippen molar-refractivity contribution >= 4 is 34.7 Å². The number of amides is 2. The number of rotatable bonds is 4. The molecule has 0 aliphatic carbocycles. The fourth-order valence-corrected chi connectivity index (χ4v) is 5.99. The second kappa shape index (κ2) is 10.2. The summed E-state index contributed by atoms with van der Waals surface area (Å²) in [4.78, 5) is 38.8. The second-order valence-electron chi connectivity index (χ2n) is 10.5. The number of nitrogens with zero attached hydrogens (tertiary/aromatic N) is 6. The normalized spacial score (nSPS) is 15.7. The van der Waals surface area contributed by atoms with E-state index in [1.165, 1.54) is 24.7 Å². The zero-order chi connectivity index (χ0) is 28.8. The van der Waals surface area contributed by atoms with E-state index in [1.54, 1.807) is 75.1 Å². The van der Waals surface area contributed by atoms with Crippen molar-refractivity contribution in [2.45, 2.75) is 18.3 Å². The summed E-state index contributed by atoms with van der Waals surface area (Å²) in [7, 11) is 0. The van der Waals surface area contributed by atoms with Crippen LogP contribution in [0, 0.1) is 5.82 Å². The van der Waals surface area contributed by atoms with Gasteiger partial charge < -0.3 is 14.5 Å². The van der Waals surface area contributed by atoms with Gasteiger partial charge in [-0.3, -0.25) is 9.59 Å². The molecule has 7 rings (SSSR count). The lowest BCUT2D eigenvalue weighted by atomic mass is 9.74. The molecule has 2 aliphatic heterocycles. The highest BCUT2D eigenvalue weighted by Gasteiger charge is 2.47. The molecule has 3 aromatic heterocycles. The smallest absolute Gasteiger partial charge is 0.258 e. The molecule has 0 N–H and O–H groups in total. The number of carbonyl (C=O) groups excluding carboxylic acids is 2. The van der Waals surface area contributed by atoms with Crippen LogP contribution >= 0.6 is 11.6 Å². The Labute approximate surface area is 245 Å². The van der Waals surface area contributed by atoms with Gasteiger partial charge in [0.25, 0.3) is 11.8 Å². The number of halogens is 2. The number of aromatic nitrogens is 4. The Balaban J connectivity index is 1.09. The van der Waals surface area contributed by atoms with E-state index in [0.717, 1.165) is 5.56 Å². The van der Waals surface area contributed by atoms with Crippen LogP contribution in [0.5, 0.6) is 11.6 Å². The van der Waals surface area contributed by atoms with Gasteiger partial charge >= 0.3 is 0 Å². The summed E-state index contributed by atoms with van der Waals surface area (Å²) in [5.41, 5.74) is 2.72.